The molecule has 0 fully saturated rings. The van der Waals surface area contributed by atoms with Gasteiger partial charge in [0.15, 0.2) is 0 Å². The molecule has 0 spiro atoms. The summed E-state index contributed by atoms with van der Waals surface area (Å²) in [4.78, 5) is 1.30. The number of nitrogens with one attached hydrogen (secondary N) is 1. The van der Waals surface area contributed by atoms with Crippen molar-refractivity contribution in [3.05, 3.63) is 65.0 Å². The molecule has 2 unspecified atom stereocenters. The van der Waals surface area contributed by atoms with Gasteiger partial charge in [0.2, 0.25) is 0 Å². The number of benzene rings is 2. The van der Waals surface area contributed by atoms with E-state index < -0.39 is 0 Å². The molecule has 0 bridgehead atoms. The van der Waals surface area contributed by atoms with E-state index in [0.29, 0.717) is 0 Å². The molecule has 0 radical (unpaired) electrons. The first-order valence-corrected chi connectivity index (χ1v) is 7.62. The number of hydrogen-bond donors (Lipinski definition) is 2. The lowest BCUT2D eigenvalue weighted by Crippen LogP contribution is -2.32. The third-order valence-electron chi connectivity index (χ3n) is 3.74. The Morgan fingerprint density at radius 1 is 1.30 bits per heavy atom. The molecule has 0 aliphatic carbocycles. The molecule has 2 aromatic rings. The molecule has 4 heteroatoms. The molecule has 3 rings (SSSR count). The number of hydrazine groups is 1. The molecule has 2 atom stereocenters. The maximum Gasteiger partial charge on any atom is 0.123 e. The highest BCUT2D eigenvalue weighted by atomic mass is 32.2. The fraction of sp³-hybridized carbons (Fsp3) is 0.250. The zero-order chi connectivity index (χ0) is 14.1. The van der Waals surface area contributed by atoms with Crippen molar-refractivity contribution >= 4 is 11.8 Å². The average Bonchev–Trinajstić information content (AvgIpc) is 2.83. The van der Waals surface area contributed by atoms with E-state index in [1.54, 1.807) is 6.07 Å². The van der Waals surface area contributed by atoms with Crippen molar-refractivity contribution in [3.63, 3.8) is 0 Å². The molecule has 0 amide bonds. The van der Waals surface area contributed by atoms with Gasteiger partial charge in [0.1, 0.15) is 5.82 Å². The number of hydrogen-bond acceptors (Lipinski definition) is 3. The van der Waals surface area contributed by atoms with Crippen LogP contribution in [0.25, 0.3) is 0 Å². The van der Waals surface area contributed by atoms with Gasteiger partial charge in [0.25, 0.3) is 0 Å². The molecule has 1 heterocycles. The number of halogens is 1. The highest BCUT2D eigenvalue weighted by Gasteiger charge is 2.30. The summed E-state index contributed by atoms with van der Waals surface area (Å²) >= 11 is 1.83. The van der Waals surface area contributed by atoms with Gasteiger partial charge in [-0.15, -0.1) is 11.8 Å². The Bertz CT molecular complexity index is 609. The topological polar surface area (TPSA) is 38.0 Å². The quantitative estimate of drug-likeness (QED) is 0.670. The highest BCUT2D eigenvalue weighted by molar-refractivity contribution is 7.99. The molecular weight excluding hydrogens is 271 g/mol. The van der Waals surface area contributed by atoms with Gasteiger partial charge in [-0.2, -0.15) is 0 Å². The van der Waals surface area contributed by atoms with Gasteiger partial charge in [-0.1, -0.05) is 24.3 Å². The lowest BCUT2D eigenvalue weighted by atomic mass is 9.88. The molecule has 2 aromatic carbocycles. The first-order valence-electron chi connectivity index (χ1n) is 6.64. The van der Waals surface area contributed by atoms with Gasteiger partial charge in [0, 0.05) is 16.6 Å². The van der Waals surface area contributed by atoms with Gasteiger partial charge in [-0.3, -0.25) is 11.3 Å². The number of thioether (sulfide) groups is 1. The van der Waals surface area contributed by atoms with Crippen LogP contribution in [0.5, 0.6) is 0 Å². The van der Waals surface area contributed by atoms with E-state index in [2.05, 4.69) is 17.6 Å². The molecule has 0 saturated heterocycles. The van der Waals surface area contributed by atoms with Crippen LogP contribution >= 0.6 is 11.8 Å². The van der Waals surface area contributed by atoms with Crippen LogP contribution in [0.2, 0.25) is 0 Å². The maximum absolute atomic E-state index is 13.6. The summed E-state index contributed by atoms with van der Waals surface area (Å²) in [6, 6.07) is 13.4. The van der Waals surface area contributed by atoms with E-state index in [0.717, 1.165) is 16.9 Å². The fourth-order valence-electron chi connectivity index (χ4n) is 2.85. The Hall–Kier alpha value is -1.36. The van der Waals surface area contributed by atoms with E-state index in [-0.39, 0.29) is 17.8 Å². The van der Waals surface area contributed by atoms with Gasteiger partial charge >= 0.3 is 0 Å². The second-order valence-corrected chi connectivity index (χ2v) is 6.22. The Labute approximate surface area is 122 Å². The van der Waals surface area contributed by atoms with Crippen LogP contribution in [0, 0.1) is 12.7 Å². The standard InChI is InChI=1S/C16H17FN2S/c1-10-6-11(8-12(17)7-10)16(19-18)14-9-20-15-5-3-2-4-13(14)15/h2-8,14,16,19H,9,18H2,1H3. The van der Waals surface area contributed by atoms with E-state index in [1.165, 1.54) is 16.5 Å². The Kier molecular flexibility index (Phi) is 3.78. The number of nitrogens with two attached hydrogens (primary N) is 1. The van der Waals surface area contributed by atoms with E-state index in [1.807, 2.05) is 36.9 Å². The molecule has 2 nitrogen and oxygen atoms in total. The second kappa shape index (κ2) is 5.56. The summed E-state index contributed by atoms with van der Waals surface area (Å²) < 4.78 is 13.6. The highest BCUT2D eigenvalue weighted by Crippen LogP contribution is 2.45. The number of fused-ring (bicyclic) bond motifs is 1. The first-order chi connectivity index (χ1) is 9.69. The summed E-state index contributed by atoms with van der Waals surface area (Å²) in [6.45, 7) is 1.90. The van der Waals surface area contributed by atoms with Crippen molar-refractivity contribution in [3.8, 4) is 0 Å². The molecule has 0 saturated carbocycles. The van der Waals surface area contributed by atoms with Gasteiger partial charge in [-0.25, -0.2) is 4.39 Å². The summed E-state index contributed by atoms with van der Waals surface area (Å²) in [5, 5.41) is 0. The zero-order valence-electron chi connectivity index (χ0n) is 11.3. The van der Waals surface area contributed by atoms with Crippen LogP contribution in [-0.2, 0) is 0 Å². The monoisotopic (exact) mass is 288 g/mol. The van der Waals surface area contributed by atoms with Crippen molar-refractivity contribution in [1.29, 1.82) is 0 Å². The van der Waals surface area contributed by atoms with Gasteiger partial charge in [-0.05, 0) is 41.8 Å². The predicted molar refractivity (Wildman–Crippen MR) is 81.1 cm³/mol. The van der Waals surface area contributed by atoms with Gasteiger partial charge in [0.05, 0.1) is 6.04 Å². The smallest absolute Gasteiger partial charge is 0.123 e. The Morgan fingerprint density at radius 2 is 2.10 bits per heavy atom. The van der Waals surface area contributed by atoms with Crippen LogP contribution < -0.4 is 11.3 Å². The number of aryl methyl sites for hydroxylation is 1. The minimum absolute atomic E-state index is 0.0689. The molecule has 1 aliphatic rings. The summed E-state index contributed by atoms with van der Waals surface area (Å²) in [5.74, 6) is 6.78. The molecule has 0 aromatic heterocycles. The third-order valence-corrected chi connectivity index (χ3v) is 4.95. The van der Waals surface area contributed by atoms with Crippen molar-refractivity contribution in [2.75, 3.05) is 5.75 Å². The number of rotatable bonds is 3. The summed E-state index contributed by atoms with van der Waals surface area (Å²) in [6.07, 6.45) is 0. The van der Waals surface area contributed by atoms with Gasteiger partial charge < -0.3 is 0 Å². The minimum atomic E-state index is -0.209. The van der Waals surface area contributed by atoms with Crippen LogP contribution in [-0.4, -0.2) is 5.75 Å². The lowest BCUT2D eigenvalue weighted by Gasteiger charge is -2.24. The molecule has 20 heavy (non-hydrogen) atoms. The van der Waals surface area contributed by atoms with Crippen molar-refractivity contribution in [1.82, 2.24) is 5.43 Å². The Morgan fingerprint density at radius 3 is 2.85 bits per heavy atom. The van der Waals surface area contributed by atoms with E-state index in [9.17, 15) is 4.39 Å². The zero-order valence-corrected chi connectivity index (χ0v) is 12.1. The van der Waals surface area contributed by atoms with Crippen LogP contribution in [0.15, 0.2) is 47.4 Å². The fourth-order valence-corrected chi connectivity index (χ4v) is 4.14. The average molecular weight is 288 g/mol. The first kappa shape index (κ1) is 13.6. The predicted octanol–water partition coefficient (Wildman–Crippen LogP) is 3.53. The maximum atomic E-state index is 13.6. The van der Waals surface area contributed by atoms with Crippen LogP contribution in [0.4, 0.5) is 4.39 Å². The van der Waals surface area contributed by atoms with Crippen LogP contribution in [0.3, 0.4) is 0 Å². The van der Waals surface area contributed by atoms with E-state index >= 15 is 0 Å². The van der Waals surface area contributed by atoms with Crippen molar-refractivity contribution < 1.29 is 4.39 Å². The molecule has 3 N–H and O–H groups in total. The molecule has 1 aliphatic heterocycles. The molecule has 104 valence electrons. The van der Waals surface area contributed by atoms with Crippen molar-refractivity contribution in [2.45, 2.75) is 23.8 Å². The lowest BCUT2D eigenvalue weighted by molar-refractivity contribution is 0.481. The summed E-state index contributed by atoms with van der Waals surface area (Å²) in [5.41, 5.74) is 5.99. The minimum Gasteiger partial charge on any atom is -0.271 e. The SMILES string of the molecule is Cc1cc(F)cc(C(NN)C2CSc3ccccc32)c1. The van der Waals surface area contributed by atoms with Crippen LogP contribution in [0.1, 0.15) is 28.7 Å². The second-order valence-electron chi connectivity index (χ2n) is 5.16. The third kappa shape index (κ3) is 2.46. The Balaban J connectivity index is 1.99. The summed E-state index contributed by atoms with van der Waals surface area (Å²) in [7, 11) is 0. The molecular formula is C16H17FN2S. The largest absolute Gasteiger partial charge is 0.271 e. The van der Waals surface area contributed by atoms with Crippen molar-refractivity contribution in [2.24, 2.45) is 5.84 Å². The van der Waals surface area contributed by atoms with E-state index in [4.69, 9.17) is 5.84 Å². The normalized spacial score (nSPS) is 18.9.